The number of hydrogen-bond donors (Lipinski definition) is 0. The van der Waals surface area contributed by atoms with Crippen molar-refractivity contribution in [2.45, 2.75) is 64.6 Å². The molecule has 5 nitrogen and oxygen atoms in total. The summed E-state index contributed by atoms with van der Waals surface area (Å²) >= 11 is 0. The van der Waals surface area contributed by atoms with Gasteiger partial charge in [0.15, 0.2) is 5.60 Å². The average Bonchev–Trinajstić information content (AvgIpc) is 2.31. The van der Waals surface area contributed by atoms with Gasteiger partial charge in [0, 0.05) is 20.3 Å². The summed E-state index contributed by atoms with van der Waals surface area (Å²) in [5, 5.41) is 0. The fourth-order valence-electron chi connectivity index (χ4n) is 2.50. The lowest BCUT2D eigenvalue weighted by Crippen LogP contribution is -2.55. The molecule has 110 valence electrons. The Morgan fingerprint density at radius 3 is 2.58 bits per heavy atom. The zero-order chi connectivity index (χ0) is 14.3. The molecule has 19 heavy (non-hydrogen) atoms. The largest absolute Gasteiger partial charge is 0.458 e. The average molecular weight is 272 g/mol. The number of hydrogen-bond acceptors (Lipinski definition) is 5. The van der Waals surface area contributed by atoms with Gasteiger partial charge in [-0.15, -0.1) is 0 Å². The van der Waals surface area contributed by atoms with Crippen LogP contribution < -0.4 is 0 Å². The van der Waals surface area contributed by atoms with E-state index in [0.29, 0.717) is 26.1 Å². The molecular formula is C14H24O5. The summed E-state index contributed by atoms with van der Waals surface area (Å²) in [4.78, 5) is 22.6. The molecule has 1 heterocycles. The van der Waals surface area contributed by atoms with Gasteiger partial charge in [0.05, 0.1) is 13.2 Å². The molecule has 0 radical (unpaired) electrons. The first kappa shape index (κ1) is 16.0. The first-order valence-corrected chi connectivity index (χ1v) is 6.94. The van der Waals surface area contributed by atoms with Crippen LogP contribution in [0.2, 0.25) is 0 Å². The third kappa shape index (κ3) is 4.82. The van der Waals surface area contributed by atoms with Crippen LogP contribution in [-0.2, 0) is 23.8 Å². The summed E-state index contributed by atoms with van der Waals surface area (Å²) in [5.41, 5.74) is -0.815. The Bertz CT molecular complexity index is 315. The van der Waals surface area contributed by atoms with E-state index in [2.05, 4.69) is 6.92 Å². The van der Waals surface area contributed by atoms with Crippen LogP contribution in [0.15, 0.2) is 0 Å². The van der Waals surface area contributed by atoms with Gasteiger partial charge in [-0.3, -0.25) is 9.59 Å². The van der Waals surface area contributed by atoms with Crippen molar-refractivity contribution in [1.29, 1.82) is 0 Å². The molecule has 2 unspecified atom stereocenters. The zero-order valence-corrected chi connectivity index (χ0v) is 12.1. The zero-order valence-electron chi connectivity index (χ0n) is 12.1. The predicted molar refractivity (Wildman–Crippen MR) is 69.6 cm³/mol. The third-order valence-electron chi connectivity index (χ3n) is 3.32. The molecule has 0 aromatic rings. The number of carbonyl (C=O) groups excluding carboxylic acids is 2. The predicted octanol–water partition coefficient (Wildman–Crippen LogP) is 2.22. The summed E-state index contributed by atoms with van der Waals surface area (Å²) in [6, 6.07) is 0. The highest BCUT2D eigenvalue weighted by Crippen LogP contribution is 2.32. The SMILES string of the molecule is CCCCCC1(OC(C)=O)COCCC1OC(C)=O. The Kier molecular flexibility index (Phi) is 6.28. The molecule has 0 saturated carbocycles. The first-order chi connectivity index (χ1) is 9.00. The maximum Gasteiger partial charge on any atom is 0.303 e. The fourth-order valence-corrected chi connectivity index (χ4v) is 2.50. The number of esters is 2. The van der Waals surface area contributed by atoms with Crippen molar-refractivity contribution in [2.75, 3.05) is 13.2 Å². The van der Waals surface area contributed by atoms with Gasteiger partial charge in [-0.2, -0.15) is 0 Å². The molecule has 0 N–H and O–H groups in total. The Morgan fingerprint density at radius 1 is 1.26 bits per heavy atom. The second-order valence-electron chi connectivity index (χ2n) is 5.05. The van der Waals surface area contributed by atoms with Crippen molar-refractivity contribution in [3.05, 3.63) is 0 Å². The lowest BCUT2D eigenvalue weighted by molar-refractivity contribution is -0.212. The van der Waals surface area contributed by atoms with Crippen LogP contribution in [0.1, 0.15) is 52.9 Å². The Morgan fingerprint density at radius 2 is 2.00 bits per heavy atom. The van der Waals surface area contributed by atoms with E-state index in [1.54, 1.807) is 0 Å². The Hall–Kier alpha value is -1.10. The van der Waals surface area contributed by atoms with E-state index in [9.17, 15) is 9.59 Å². The highest BCUT2D eigenvalue weighted by Gasteiger charge is 2.46. The van der Waals surface area contributed by atoms with E-state index >= 15 is 0 Å². The summed E-state index contributed by atoms with van der Waals surface area (Å²) < 4.78 is 16.3. The minimum absolute atomic E-state index is 0.300. The van der Waals surface area contributed by atoms with Gasteiger partial charge < -0.3 is 14.2 Å². The van der Waals surface area contributed by atoms with Crippen LogP contribution in [0.4, 0.5) is 0 Å². The lowest BCUT2D eigenvalue weighted by Gasteiger charge is -2.42. The molecule has 2 atom stereocenters. The van der Waals surface area contributed by atoms with Gasteiger partial charge in [-0.25, -0.2) is 0 Å². The number of rotatable bonds is 6. The van der Waals surface area contributed by atoms with Gasteiger partial charge in [-0.05, 0) is 12.8 Å². The van der Waals surface area contributed by atoms with Gasteiger partial charge >= 0.3 is 11.9 Å². The quantitative estimate of drug-likeness (QED) is 0.548. The van der Waals surface area contributed by atoms with Crippen molar-refractivity contribution < 1.29 is 23.8 Å². The van der Waals surface area contributed by atoms with Gasteiger partial charge in [0.2, 0.25) is 0 Å². The molecule has 0 aromatic carbocycles. The summed E-state index contributed by atoms with van der Waals surface area (Å²) in [6.07, 6.45) is 3.88. The minimum Gasteiger partial charge on any atom is -0.458 e. The van der Waals surface area contributed by atoms with Crippen LogP contribution in [0.3, 0.4) is 0 Å². The van der Waals surface area contributed by atoms with Crippen LogP contribution in [0.25, 0.3) is 0 Å². The summed E-state index contributed by atoms with van der Waals surface area (Å²) in [5.74, 6) is -0.710. The second-order valence-corrected chi connectivity index (χ2v) is 5.05. The monoisotopic (exact) mass is 272 g/mol. The van der Waals surface area contributed by atoms with Gasteiger partial charge in [0.1, 0.15) is 6.10 Å². The fraction of sp³-hybridized carbons (Fsp3) is 0.857. The molecule has 5 heteroatoms. The van der Waals surface area contributed by atoms with Crippen molar-refractivity contribution in [2.24, 2.45) is 0 Å². The normalized spacial score (nSPS) is 26.8. The topological polar surface area (TPSA) is 61.8 Å². The molecule has 0 amide bonds. The second kappa shape index (κ2) is 7.48. The third-order valence-corrected chi connectivity index (χ3v) is 3.32. The van der Waals surface area contributed by atoms with Gasteiger partial charge in [0.25, 0.3) is 0 Å². The minimum atomic E-state index is -0.815. The van der Waals surface area contributed by atoms with Crippen LogP contribution in [-0.4, -0.2) is 36.9 Å². The number of carbonyl (C=O) groups is 2. The molecule has 1 aliphatic rings. The Balaban J connectivity index is 2.81. The van der Waals surface area contributed by atoms with E-state index < -0.39 is 11.7 Å². The molecule has 1 aliphatic heterocycles. The lowest BCUT2D eigenvalue weighted by atomic mass is 9.87. The van der Waals surface area contributed by atoms with Crippen LogP contribution >= 0.6 is 0 Å². The van der Waals surface area contributed by atoms with Crippen molar-refractivity contribution in [3.8, 4) is 0 Å². The van der Waals surface area contributed by atoms with E-state index in [4.69, 9.17) is 14.2 Å². The van der Waals surface area contributed by atoms with Gasteiger partial charge in [-0.1, -0.05) is 19.8 Å². The van der Waals surface area contributed by atoms with Crippen molar-refractivity contribution in [1.82, 2.24) is 0 Å². The standard InChI is InChI=1S/C14H24O5/c1-4-5-6-8-14(19-12(3)16)10-17-9-7-13(14)18-11(2)15/h13H,4-10H2,1-3H3. The first-order valence-electron chi connectivity index (χ1n) is 6.94. The smallest absolute Gasteiger partial charge is 0.303 e. The Labute approximate surface area is 114 Å². The molecular weight excluding hydrogens is 248 g/mol. The number of ether oxygens (including phenoxy) is 3. The maximum absolute atomic E-state index is 11.4. The summed E-state index contributed by atoms with van der Waals surface area (Å²) in [6.45, 7) is 5.68. The van der Waals surface area contributed by atoms with E-state index in [-0.39, 0.29) is 11.9 Å². The van der Waals surface area contributed by atoms with Crippen LogP contribution in [0.5, 0.6) is 0 Å². The van der Waals surface area contributed by atoms with E-state index in [0.717, 1.165) is 19.3 Å². The molecule has 1 fully saturated rings. The highest BCUT2D eigenvalue weighted by atomic mass is 16.6. The molecule has 1 rings (SSSR count). The van der Waals surface area contributed by atoms with E-state index in [1.807, 2.05) is 0 Å². The number of unbranched alkanes of at least 4 members (excludes halogenated alkanes) is 2. The molecule has 0 bridgehead atoms. The van der Waals surface area contributed by atoms with Crippen LogP contribution in [0, 0.1) is 0 Å². The van der Waals surface area contributed by atoms with E-state index in [1.165, 1.54) is 13.8 Å². The summed E-state index contributed by atoms with van der Waals surface area (Å²) in [7, 11) is 0. The molecule has 0 aliphatic carbocycles. The molecule has 1 saturated heterocycles. The molecule has 0 spiro atoms. The maximum atomic E-state index is 11.4. The molecule has 0 aromatic heterocycles. The highest BCUT2D eigenvalue weighted by molar-refractivity contribution is 5.67. The van der Waals surface area contributed by atoms with Crippen molar-refractivity contribution >= 4 is 11.9 Å². The van der Waals surface area contributed by atoms with Crippen molar-refractivity contribution in [3.63, 3.8) is 0 Å².